The van der Waals surface area contributed by atoms with Gasteiger partial charge in [0, 0.05) is 13.0 Å². The zero-order valence-electron chi connectivity index (χ0n) is 10.7. The molecule has 2 heterocycles. The van der Waals surface area contributed by atoms with Gasteiger partial charge in [-0.25, -0.2) is 4.98 Å². The molecule has 0 saturated heterocycles. The molecular formula is C12H12N4O4. The maximum Gasteiger partial charge on any atom is 0.296 e. The molecule has 1 amide bonds. The Morgan fingerprint density at radius 3 is 2.90 bits per heavy atom. The van der Waals surface area contributed by atoms with Crippen molar-refractivity contribution >= 4 is 11.6 Å². The number of nitrogens with zero attached hydrogens (tertiary/aromatic N) is 3. The summed E-state index contributed by atoms with van der Waals surface area (Å²) in [5.74, 6) is -0.644. The van der Waals surface area contributed by atoms with E-state index in [2.05, 4.69) is 20.0 Å². The Hall–Kier alpha value is -2.64. The molecule has 20 heavy (non-hydrogen) atoms. The van der Waals surface area contributed by atoms with E-state index in [1.807, 2.05) is 0 Å². The third kappa shape index (κ3) is 2.04. The molecule has 0 unspecified atom stereocenters. The Morgan fingerprint density at radius 2 is 2.30 bits per heavy atom. The van der Waals surface area contributed by atoms with Crippen LogP contribution in [0.15, 0.2) is 21.8 Å². The van der Waals surface area contributed by atoms with Crippen molar-refractivity contribution in [2.24, 2.45) is 7.05 Å². The van der Waals surface area contributed by atoms with Crippen molar-refractivity contribution in [2.75, 3.05) is 5.32 Å². The molecule has 8 nitrogen and oxygen atoms in total. The van der Waals surface area contributed by atoms with Gasteiger partial charge in [-0.05, 0) is 12.8 Å². The van der Waals surface area contributed by atoms with Crippen LogP contribution in [0.2, 0.25) is 0 Å². The molecule has 8 heteroatoms. The highest BCUT2D eigenvalue weighted by molar-refractivity contribution is 6.04. The molecule has 0 bridgehead atoms. The maximum atomic E-state index is 12.0. The molecule has 1 aliphatic carbocycles. The van der Waals surface area contributed by atoms with E-state index in [0.717, 1.165) is 12.8 Å². The van der Waals surface area contributed by atoms with Crippen molar-refractivity contribution in [1.82, 2.24) is 14.7 Å². The SMILES string of the molecule is Cn1c(C2CC2)nc(C(=O)Nc2cnoc2)c(O)c1=O. The molecule has 1 saturated carbocycles. The van der Waals surface area contributed by atoms with E-state index in [1.165, 1.54) is 24.1 Å². The van der Waals surface area contributed by atoms with Crippen molar-refractivity contribution < 1.29 is 14.4 Å². The first-order valence-electron chi connectivity index (χ1n) is 6.08. The van der Waals surface area contributed by atoms with E-state index in [4.69, 9.17) is 0 Å². The van der Waals surface area contributed by atoms with E-state index < -0.39 is 17.2 Å². The summed E-state index contributed by atoms with van der Waals surface area (Å²) in [7, 11) is 1.53. The molecule has 0 atom stereocenters. The smallest absolute Gasteiger partial charge is 0.296 e. The lowest BCUT2D eigenvalue weighted by Crippen LogP contribution is -2.26. The van der Waals surface area contributed by atoms with Gasteiger partial charge in [0.15, 0.2) is 5.69 Å². The molecule has 2 N–H and O–H groups in total. The molecule has 1 fully saturated rings. The highest BCUT2D eigenvalue weighted by Gasteiger charge is 2.30. The second kappa shape index (κ2) is 4.48. The van der Waals surface area contributed by atoms with Gasteiger partial charge in [0.1, 0.15) is 17.8 Å². The van der Waals surface area contributed by atoms with E-state index >= 15 is 0 Å². The van der Waals surface area contributed by atoms with E-state index in [-0.39, 0.29) is 11.6 Å². The molecule has 2 aromatic heterocycles. The van der Waals surface area contributed by atoms with Crippen molar-refractivity contribution in [2.45, 2.75) is 18.8 Å². The van der Waals surface area contributed by atoms with E-state index in [0.29, 0.717) is 11.5 Å². The predicted octanol–water partition coefficient (Wildman–Crippen LogP) is 0.604. The standard InChI is InChI=1S/C12H12N4O4/c1-16-10(6-2-3-6)15-8(9(17)12(16)19)11(18)14-7-4-13-20-5-7/h4-6,17H,2-3H2,1H3,(H,14,18). The van der Waals surface area contributed by atoms with Gasteiger partial charge in [-0.15, -0.1) is 0 Å². The highest BCUT2D eigenvalue weighted by Crippen LogP contribution is 2.38. The van der Waals surface area contributed by atoms with Crippen LogP contribution in [-0.2, 0) is 7.05 Å². The summed E-state index contributed by atoms with van der Waals surface area (Å²) in [6, 6.07) is 0. The fourth-order valence-corrected chi connectivity index (χ4v) is 1.93. The minimum Gasteiger partial charge on any atom is -0.501 e. The molecule has 0 aromatic carbocycles. The summed E-state index contributed by atoms with van der Waals surface area (Å²) in [5.41, 5.74) is -0.585. The summed E-state index contributed by atoms with van der Waals surface area (Å²) in [6.07, 6.45) is 4.39. The molecule has 2 aromatic rings. The summed E-state index contributed by atoms with van der Waals surface area (Å²) in [6.45, 7) is 0. The van der Waals surface area contributed by atoms with Crippen LogP contribution in [0.25, 0.3) is 0 Å². The van der Waals surface area contributed by atoms with Gasteiger partial charge in [0.05, 0.1) is 6.20 Å². The Bertz CT molecular complexity index is 716. The van der Waals surface area contributed by atoms with E-state index in [1.54, 1.807) is 0 Å². The van der Waals surface area contributed by atoms with Gasteiger partial charge in [-0.1, -0.05) is 5.16 Å². The summed E-state index contributed by atoms with van der Waals surface area (Å²) in [4.78, 5) is 28.1. The number of aromatic hydroxyl groups is 1. The normalized spacial score (nSPS) is 14.2. The number of hydrogen-bond acceptors (Lipinski definition) is 6. The zero-order chi connectivity index (χ0) is 14.3. The fraction of sp³-hybridized carbons (Fsp3) is 0.333. The first-order chi connectivity index (χ1) is 9.58. The highest BCUT2D eigenvalue weighted by atomic mass is 16.5. The summed E-state index contributed by atoms with van der Waals surface area (Å²) < 4.78 is 5.86. The summed E-state index contributed by atoms with van der Waals surface area (Å²) >= 11 is 0. The monoisotopic (exact) mass is 276 g/mol. The number of carbonyl (C=O) groups is 1. The minimum absolute atomic E-state index is 0.176. The molecule has 104 valence electrons. The molecule has 3 rings (SSSR count). The minimum atomic E-state index is -0.676. The third-order valence-corrected chi connectivity index (χ3v) is 3.15. The lowest BCUT2D eigenvalue weighted by Gasteiger charge is -2.10. The van der Waals surface area contributed by atoms with Crippen LogP contribution in [0, 0.1) is 0 Å². The van der Waals surface area contributed by atoms with Crippen LogP contribution in [0.1, 0.15) is 35.1 Å². The Labute approximate surface area is 113 Å². The van der Waals surface area contributed by atoms with Gasteiger partial charge in [0.25, 0.3) is 11.5 Å². The number of hydrogen-bond donors (Lipinski definition) is 2. The van der Waals surface area contributed by atoms with Crippen molar-refractivity contribution in [3.05, 3.63) is 34.3 Å². The fourth-order valence-electron chi connectivity index (χ4n) is 1.93. The van der Waals surface area contributed by atoms with Gasteiger partial charge in [-0.3, -0.25) is 14.2 Å². The molecular weight excluding hydrogens is 264 g/mol. The average Bonchev–Trinajstić information content (AvgIpc) is 3.14. The Kier molecular flexibility index (Phi) is 2.78. The summed E-state index contributed by atoms with van der Waals surface area (Å²) in [5, 5.41) is 15.7. The molecule has 0 radical (unpaired) electrons. The second-order valence-electron chi connectivity index (χ2n) is 4.67. The molecule has 1 aliphatic rings. The quantitative estimate of drug-likeness (QED) is 0.849. The van der Waals surface area contributed by atoms with Crippen LogP contribution in [-0.4, -0.2) is 25.7 Å². The third-order valence-electron chi connectivity index (χ3n) is 3.15. The number of rotatable bonds is 3. The first kappa shape index (κ1) is 12.4. The largest absolute Gasteiger partial charge is 0.501 e. The number of aromatic nitrogens is 3. The van der Waals surface area contributed by atoms with Crippen LogP contribution < -0.4 is 10.9 Å². The van der Waals surface area contributed by atoms with Gasteiger partial charge in [-0.2, -0.15) is 0 Å². The van der Waals surface area contributed by atoms with E-state index in [9.17, 15) is 14.7 Å². The first-order valence-corrected chi connectivity index (χ1v) is 6.08. The van der Waals surface area contributed by atoms with Crippen molar-refractivity contribution in [3.8, 4) is 5.75 Å². The van der Waals surface area contributed by atoms with Crippen molar-refractivity contribution in [3.63, 3.8) is 0 Å². The number of anilines is 1. The second-order valence-corrected chi connectivity index (χ2v) is 4.67. The topological polar surface area (TPSA) is 110 Å². The number of amides is 1. The Balaban J connectivity index is 2.00. The molecule has 0 aliphatic heterocycles. The van der Waals surface area contributed by atoms with Gasteiger partial charge in [0.2, 0.25) is 5.75 Å². The van der Waals surface area contributed by atoms with Crippen LogP contribution in [0.3, 0.4) is 0 Å². The average molecular weight is 276 g/mol. The van der Waals surface area contributed by atoms with Crippen LogP contribution >= 0.6 is 0 Å². The number of carbonyl (C=O) groups excluding carboxylic acids is 1. The van der Waals surface area contributed by atoms with Crippen LogP contribution in [0.4, 0.5) is 5.69 Å². The Morgan fingerprint density at radius 1 is 1.55 bits per heavy atom. The lowest BCUT2D eigenvalue weighted by molar-refractivity contribution is 0.101. The number of nitrogens with one attached hydrogen (secondary N) is 1. The molecule has 0 spiro atoms. The van der Waals surface area contributed by atoms with Gasteiger partial charge >= 0.3 is 0 Å². The van der Waals surface area contributed by atoms with Crippen LogP contribution in [0.5, 0.6) is 5.75 Å². The van der Waals surface area contributed by atoms with Gasteiger partial charge < -0.3 is 14.9 Å². The predicted molar refractivity (Wildman–Crippen MR) is 67.6 cm³/mol. The zero-order valence-corrected chi connectivity index (χ0v) is 10.7. The maximum absolute atomic E-state index is 12.0. The van der Waals surface area contributed by atoms with Crippen molar-refractivity contribution in [1.29, 1.82) is 0 Å². The lowest BCUT2D eigenvalue weighted by atomic mass is 10.3.